The number of benzene rings is 1. The molecule has 3 nitrogen and oxygen atoms in total. The van der Waals surface area contributed by atoms with E-state index in [-0.39, 0.29) is 0 Å². The Morgan fingerprint density at radius 2 is 1.89 bits per heavy atom. The lowest BCUT2D eigenvalue weighted by Crippen LogP contribution is -2.61. The molecule has 1 aromatic rings. The van der Waals surface area contributed by atoms with Gasteiger partial charge in [-0.1, -0.05) is 30.3 Å². The number of rotatable bonds is 3. The molecule has 1 aromatic carbocycles. The van der Waals surface area contributed by atoms with E-state index in [0.29, 0.717) is 6.04 Å². The molecule has 1 atom stereocenters. The Kier molecular flexibility index (Phi) is 3.64. The van der Waals surface area contributed by atoms with Gasteiger partial charge in [0.25, 0.3) is 0 Å². The molecule has 98 valence electrons. The standard InChI is InChI=1S/C15H23N3/c16-14-7-4-8-18(10-14)15-11-17(12-15)9-13-5-2-1-3-6-13/h1-3,5-6,14-15H,4,7-12,16H2. The second-order valence-corrected chi connectivity index (χ2v) is 5.73. The molecule has 0 bridgehead atoms. The zero-order valence-electron chi connectivity index (χ0n) is 11.0. The first kappa shape index (κ1) is 12.2. The Morgan fingerprint density at radius 1 is 1.11 bits per heavy atom. The lowest BCUT2D eigenvalue weighted by molar-refractivity contribution is 0.0145. The molecule has 2 saturated heterocycles. The van der Waals surface area contributed by atoms with E-state index in [9.17, 15) is 0 Å². The van der Waals surface area contributed by atoms with Crippen LogP contribution in [0, 0.1) is 0 Å². The Balaban J connectivity index is 1.45. The SMILES string of the molecule is NC1CCCN(C2CN(Cc3ccccc3)C2)C1. The van der Waals surface area contributed by atoms with E-state index in [1.807, 2.05) is 0 Å². The lowest BCUT2D eigenvalue weighted by atomic mass is 10.00. The highest BCUT2D eigenvalue weighted by atomic mass is 15.3. The summed E-state index contributed by atoms with van der Waals surface area (Å²) in [5, 5.41) is 0. The van der Waals surface area contributed by atoms with Crippen molar-refractivity contribution in [1.29, 1.82) is 0 Å². The summed E-state index contributed by atoms with van der Waals surface area (Å²) in [6, 6.07) is 11.9. The molecule has 2 aliphatic heterocycles. The molecule has 2 fully saturated rings. The van der Waals surface area contributed by atoms with E-state index in [2.05, 4.69) is 40.1 Å². The van der Waals surface area contributed by atoms with Gasteiger partial charge in [0, 0.05) is 38.3 Å². The third-order valence-corrected chi connectivity index (χ3v) is 4.19. The zero-order valence-corrected chi connectivity index (χ0v) is 11.0. The van der Waals surface area contributed by atoms with Crippen LogP contribution in [-0.4, -0.2) is 48.1 Å². The van der Waals surface area contributed by atoms with Crippen molar-refractivity contribution in [2.24, 2.45) is 5.73 Å². The van der Waals surface area contributed by atoms with Gasteiger partial charge in [0.05, 0.1) is 0 Å². The summed E-state index contributed by atoms with van der Waals surface area (Å²) in [4.78, 5) is 5.12. The van der Waals surface area contributed by atoms with Gasteiger partial charge in [-0.3, -0.25) is 9.80 Å². The fraction of sp³-hybridized carbons (Fsp3) is 0.600. The molecule has 0 aliphatic carbocycles. The Bertz CT molecular complexity index is 373. The van der Waals surface area contributed by atoms with Gasteiger partial charge < -0.3 is 5.73 Å². The van der Waals surface area contributed by atoms with Gasteiger partial charge in [0.2, 0.25) is 0 Å². The number of hydrogen-bond acceptors (Lipinski definition) is 3. The molecule has 3 heteroatoms. The third kappa shape index (κ3) is 2.74. The largest absolute Gasteiger partial charge is 0.327 e. The Morgan fingerprint density at radius 3 is 2.61 bits per heavy atom. The molecule has 3 rings (SSSR count). The fourth-order valence-electron chi connectivity index (χ4n) is 3.12. The minimum Gasteiger partial charge on any atom is -0.327 e. The highest BCUT2D eigenvalue weighted by Gasteiger charge is 2.33. The molecule has 0 radical (unpaired) electrons. The van der Waals surface area contributed by atoms with E-state index in [0.717, 1.165) is 19.1 Å². The molecule has 18 heavy (non-hydrogen) atoms. The van der Waals surface area contributed by atoms with Crippen molar-refractivity contribution in [3.05, 3.63) is 35.9 Å². The molecule has 2 heterocycles. The fourth-order valence-corrected chi connectivity index (χ4v) is 3.12. The van der Waals surface area contributed by atoms with Gasteiger partial charge in [0.15, 0.2) is 0 Å². The van der Waals surface area contributed by atoms with Crippen LogP contribution in [0.3, 0.4) is 0 Å². The van der Waals surface area contributed by atoms with E-state index < -0.39 is 0 Å². The topological polar surface area (TPSA) is 32.5 Å². The van der Waals surface area contributed by atoms with Gasteiger partial charge in [-0.15, -0.1) is 0 Å². The van der Waals surface area contributed by atoms with Gasteiger partial charge in [-0.05, 0) is 24.9 Å². The van der Waals surface area contributed by atoms with Crippen LogP contribution in [0.25, 0.3) is 0 Å². The van der Waals surface area contributed by atoms with Crippen LogP contribution in [0.2, 0.25) is 0 Å². The van der Waals surface area contributed by atoms with Gasteiger partial charge in [0.1, 0.15) is 0 Å². The monoisotopic (exact) mass is 245 g/mol. The molecule has 0 aromatic heterocycles. The van der Waals surface area contributed by atoms with Crippen LogP contribution in [0.15, 0.2) is 30.3 Å². The minimum atomic E-state index is 0.405. The summed E-state index contributed by atoms with van der Waals surface area (Å²) in [6.07, 6.45) is 2.48. The molecule has 2 N–H and O–H groups in total. The maximum absolute atomic E-state index is 6.04. The van der Waals surface area contributed by atoms with E-state index in [4.69, 9.17) is 5.73 Å². The van der Waals surface area contributed by atoms with Crippen LogP contribution in [-0.2, 0) is 6.54 Å². The second-order valence-electron chi connectivity index (χ2n) is 5.73. The Labute approximate surface area is 110 Å². The summed E-state index contributed by atoms with van der Waals surface area (Å²) in [7, 11) is 0. The van der Waals surface area contributed by atoms with E-state index in [1.165, 1.54) is 38.0 Å². The van der Waals surface area contributed by atoms with Crippen LogP contribution in [0.1, 0.15) is 18.4 Å². The maximum atomic E-state index is 6.04. The maximum Gasteiger partial charge on any atom is 0.0351 e. The van der Waals surface area contributed by atoms with Crippen LogP contribution in [0.5, 0.6) is 0 Å². The first-order valence-corrected chi connectivity index (χ1v) is 7.07. The van der Waals surface area contributed by atoms with Gasteiger partial charge in [-0.25, -0.2) is 0 Å². The van der Waals surface area contributed by atoms with Gasteiger partial charge in [-0.2, -0.15) is 0 Å². The van der Waals surface area contributed by atoms with E-state index in [1.54, 1.807) is 0 Å². The highest BCUT2D eigenvalue weighted by Crippen LogP contribution is 2.21. The first-order chi connectivity index (χ1) is 8.81. The zero-order chi connectivity index (χ0) is 12.4. The number of nitrogens with two attached hydrogens (primary N) is 1. The highest BCUT2D eigenvalue weighted by molar-refractivity contribution is 5.15. The van der Waals surface area contributed by atoms with Crippen molar-refractivity contribution in [1.82, 2.24) is 9.80 Å². The summed E-state index contributed by atoms with van der Waals surface area (Å²) in [5.41, 5.74) is 7.47. The Hall–Kier alpha value is -0.900. The first-order valence-electron chi connectivity index (χ1n) is 7.07. The molecule has 2 aliphatic rings. The number of hydrogen-bond donors (Lipinski definition) is 1. The quantitative estimate of drug-likeness (QED) is 0.871. The molecule has 1 unspecified atom stereocenters. The molecular formula is C15H23N3. The van der Waals surface area contributed by atoms with Gasteiger partial charge >= 0.3 is 0 Å². The molecule has 0 spiro atoms. The summed E-state index contributed by atoms with van der Waals surface area (Å²) < 4.78 is 0. The van der Waals surface area contributed by atoms with Crippen LogP contribution >= 0.6 is 0 Å². The number of piperidine rings is 1. The van der Waals surface area contributed by atoms with Crippen molar-refractivity contribution in [3.8, 4) is 0 Å². The summed E-state index contributed by atoms with van der Waals surface area (Å²) in [5.74, 6) is 0. The minimum absolute atomic E-state index is 0.405. The summed E-state index contributed by atoms with van der Waals surface area (Å²) in [6.45, 7) is 5.86. The van der Waals surface area contributed by atoms with E-state index >= 15 is 0 Å². The number of nitrogens with zero attached hydrogens (tertiary/aromatic N) is 2. The van der Waals surface area contributed by atoms with Crippen LogP contribution < -0.4 is 5.73 Å². The average molecular weight is 245 g/mol. The molecular weight excluding hydrogens is 222 g/mol. The number of likely N-dealkylation sites (tertiary alicyclic amines) is 2. The van der Waals surface area contributed by atoms with Crippen LogP contribution in [0.4, 0.5) is 0 Å². The van der Waals surface area contributed by atoms with Crippen molar-refractivity contribution >= 4 is 0 Å². The smallest absolute Gasteiger partial charge is 0.0351 e. The third-order valence-electron chi connectivity index (χ3n) is 4.19. The van der Waals surface area contributed by atoms with Crippen molar-refractivity contribution < 1.29 is 0 Å². The summed E-state index contributed by atoms with van der Waals surface area (Å²) >= 11 is 0. The predicted molar refractivity (Wildman–Crippen MR) is 74.3 cm³/mol. The predicted octanol–water partition coefficient (Wildman–Crippen LogP) is 1.29. The average Bonchev–Trinajstić information content (AvgIpc) is 2.34. The molecule has 0 saturated carbocycles. The van der Waals surface area contributed by atoms with Crippen molar-refractivity contribution in [2.45, 2.75) is 31.5 Å². The lowest BCUT2D eigenvalue weighted by Gasteiger charge is -2.47. The normalized spacial score (nSPS) is 27.1. The second kappa shape index (κ2) is 5.39. The van der Waals surface area contributed by atoms with Crippen molar-refractivity contribution in [2.75, 3.05) is 26.2 Å². The van der Waals surface area contributed by atoms with Crippen molar-refractivity contribution in [3.63, 3.8) is 0 Å². The molecule has 0 amide bonds.